The fourth-order valence-electron chi connectivity index (χ4n) is 1.43. The zero-order valence-electron chi connectivity index (χ0n) is 10.9. The van der Waals surface area contributed by atoms with Gasteiger partial charge in [0.05, 0.1) is 0 Å². The van der Waals surface area contributed by atoms with E-state index in [1.165, 1.54) is 5.56 Å². The third kappa shape index (κ3) is 5.00. The first-order valence-electron chi connectivity index (χ1n) is 5.63. The molecule has 0 saturated carbocycles. The third-order valence-electron chi connectivity index (χ3n) is 2.52. The van der Waals surface area contributed by atoms with Crippen molar-refractivity contribution in [2.24, 2.45) is 4.99 Å². The smallest absolute Gasteiger partial charge is 0.193 e. The molecule has 0 aliphatic rings. The zero-order valence-corrected chi connectivity index (χ0v) is 12.6. The molecule has 17 heavy (non-hydrogen) atoms. The highest BCUT2D eigenvalue weighted by molar-refractivity contribution is 7.99. The normalized spacial score (nSPS) is 13.5. The summed E-state index contributed by atoms with van der Waals surface area (Å²) in [5.41, 5.74) is 1.33. The standard InChI is InChI=1S/C12H21N3S2/c1-10(16-4)7-14-12(13-2)15(3)8-11-5-6-17-9-11/h5-6,9-10H,7-8H2,1-4H3,(H,13,14). The van der Waals surface area contributed by atoms with Gasteiger partial charge in [-0.3, -0.25) is 4.99 Å². The molecule has 0 aliphatic heterocycles. The molecule has 3 nitrogen and oxygen atoms in total. The van der Waals surface area contributed by atoms with Crippen LogP contribution in [0.25, 0.3) is 0 Å². The van der Waals surface area contributed by atoms with E-state index >= 15 is 0 Å². The van der Waals surface area contributed by atoms with Crippen LogP contribution in [0.3, 0.4) is 0 Å². The first-order valence-corrected chi connectivity index (χ1v) is 7.86. The fraction of sp³-hybridized carbons (Fsp3) is 0.583. The quantitative estimate of drug-likeness (QED) is 0.659. The van der Waals surface area contributed by atoms with Crippen molar-refractivity contribution in [3.63, 3.8) is 0 Å². The monoisotopic (exact) mass is 271 g/mol. The first-order chi connectivity index (χ1) is 8.17. The molecule has 0 aliphatic carbocycles. The second-order valence-corrected chi connectivity index (χ2v) is 6.02. The second kappa shape index (κ2) is 7.61. The van der Waals surface area contributed by atoms with Gasteiger partial charge in [0.2, 0.25) is 0 Å². The highest BCUT2D eigenvalue weighted by Crippen LogP contribution is 2.08. The number of hydrogen-bond acceptors (Lipinski definition) is 3. The van der Waals surface area contributed by atoms with E-state index < -0.39 is 0 Å². The Morgan fingerprint density at radius 1 is 1.65 bits per heavy atom. The summed E-state index contributed by atoms with van der Waals surface area (Å²) >= 11 is 3.59. The van der Waals surface area contributed by atoms with Crippen molar-refractivity contribution < 1.29 is 0 Å². The summed E-state index contributed by atoms with van der Waals surface area (Å²) < 4.78 is 0. The Bertz CT molecular complexity index is 336. The highest BCUT2D eigenvalue weighted by atomic mass is 32.2. The predicted octanol–water partition coefficient (Wildman–Crippen LogP) is 2.51. The van der Waals surface area contributed by atoms with Crippen LogP contribution in [0.5, 0.6) is 0 Å². The number of hydrogen-bond donors (Lipinski definition) is 1. The van der Waals surface area contributed by atoms with Crippen LogP contribution in [0, 0.1) is 0 Å². The maximum Gasteiger partial charge on any atom is 0.193 e. The maximum atomic E-state index is 4.30. The van der Waals surface area contributed by atoms with Crippen LogP contribution >= 0.6 is 23.1 Å². The fourth-order valence-corrected chi connectivity index (χ4v) is 2.34. The van der Waals surface area contributed by atoms with E-state index in [1.807, 2.05) is 18.8 Å². The molecule has 0 saturated heterocycles. The van der Waals surface area contributed by atoms with Gasteiger partial charge in [-0.25, -0.2) is 0 Å². The van der Waals surface area contributed by atoms with E-state index in [9.17, 15) is 0 Å². The molecule has 0 aromatic carbocycles. The molecule has 0 amide bonds. The summed E-state index contributed by atoms with van der Waals surface area (Å²) in [6.07, 6.45) is 2.13. The lowest BCUT2D eigenvalue weighted by Crippen LogP contribution is -2.40. The van der Waals surface area contributed by atoms with Crippen LogP contribution in [0.1, 0.15) is 12.5 Å². The van der Waals surface area contributed by atoms with Gasteiger partial charge in [-0.1, -0.05) is 6.92 Å². The number of nitrogens with one attached hydrogen (secondary N) is 1. The van der Waals surface area contributed by atoms with Gasteiger partial charge in [0.15, 0.2) is 5.96 Å². The van der Waals surface area contributed by atoms with Crippen LogP contribution < -0.4 is 5.32 Å². The van der Waals surface area contributed by atoms with Gasteiger partial charge >= 0.3 is 0 Å². The molecule has 5 heteroatoms. The summed E-state index contributed by atoms with van der Waals surface area (Å²) in [7, 11) is 3.90. The minimum atomic E-state index is 0.598. The van der Waals surface area contributed by atoms with Gasteiger partial charge in [0.25, 0.3) is 0 Å². The lowest BCUT2D eigenvalue weighted by molar-refractivity contribution is 0.478. The predicted molar refractivity (Wildman–Crippen MR) is 80.1 cm³/mol. The van der Waals surface area contributed by atoms with E-state index in [1.54, 1.807) is 11.3 Å². The van der Waals surface area contributed by atoms with Crippen molar-refractivity contribution in [2.75, 3.05) is 26.9 Å². The van der Waals surface area contributed by atoms with Crippen molar-refractivity contribution >= 4 is 29.1 Å². The first kappa shape index (κ1) is 14.4. The lowest BCUT2D eigenvalue weighted by atomic mass is 10.3. The number of thiophene rings is 1. The van der Waals surface area contributed by atoms with E-state index in [0.29, 0.717) is 5.25 Å². The molecular weight excluding hydrogens is 250 g/mol. The Balaban J connectivity index is 2.44. The lowest BCUT2D eigenvalue weighted by Gasteiger charge is -2.22. The largest absolute Gasteiger partial charge is 0.355 e. The van der Waals surface area contributed by atoms with Gasteiger partial charge in [-0.05, 0) is 28.6 Å². The molecule has 1 aromatic rings. The summed E-state index contributed by atoms with van der Waals surface area (Å²) in [5.74, 6) is 0.956. The molecule has 1 rings (SSSR count). The van der Waals surface area contributed by atoms with Crippen molar-refractivity contribution in [1.82, 2.24) is 10.2 Å². The van der Waals surface area contributed by atoms with Crippen LogP contribution in [-0.2, 0) is 6.54 Å². The highest BCUT2D eigenvalue weighted by Gasteiger charge is 2.08. The Kier molecular flexibility index (Phi) is 6.44. The molecule has 1 heterocycles. The third-order valence-corrected chi connectivity index (χ3v) is 4.23. The molecule has 0 radical (unpaired) electrons. The van der Waals surface area contributed by atoms with E-state index in [-0.39, 0.29) is 0 Å². The molecule has 1 N–H and O–H groups in total. The number of nitrogens with zero attached hydrogens (tertiary/aromatic N) is 2. The van der Waals surface area contributed by atoms with E-state index in [4.69, 9.17) is 0 Å². The summed E-state index contributed by atoms with van der Waals surface area (Å²) in [4.78, 5) is 6.45. The van der Waals surface area contributed by atoms with Gasteiger partial charge in [0, 0.05) is 32.4 Å². The average Bonchev–Trinajstić information content (AvgIpc) is 2.82. The maximum absolute atomic E-state index is 4.30. The number of aliphatic imine (C=N–C) groups is 1. The van der Waals surface area contributed by atoms with Gasteiger partial charge in [0.1, 0.15) is 0 Å². The molecule has 0 bridgehead atoms. The van der Waals surface area contributed by atoms with Gasteiger partial charge in [-0.15, -0.1) is 0 Å². The number of guanidine groups is 1. The topological polar surface area (TPSA) is 27.6 Å². The van der Waals surface area contributed by atoms with Gasteiger partial charge < -0.3 is 10.2 Å². The van der Waals surface area contributed by atoms with Crippen LogP contribution in [0.15, 0.2) is 21.8 Å². The van der Waals surface area contributed by atoms with Crippen molar-refractivity contribution in [1.29, 1.82) is 0 Å². The molecule has 96 valence electrons. The Hall–Kier alpha value is -0.680. The van der Waals surface area contributed by atoms with Crippen LogP contribution in [0.2, 0.25) is 0 Å². The molecular formula is C12H21N3S2. The Labute approximate surface area is 112 Å². The summed E-state index contributed by atoms with van der Waals surface area (Å²) in [6, 6.07) is 2.15. The van der Waals surface area contributed by atoms with Crippen molar-refractivity contribution in [2.45, 2.75) is 18.7 Å². The number of rotatable bonds is 5. The Morgan fingerprint density at radius 2 is 2.41 bits per heavy atom. The Morgan fingerprint density at radius 3 is 2.94 bits per heavy atom. The minimum Gasteiger partial charge on any atom is -0.355 e. The minimum absolute atomic E-state index is 0.598. The van der Waals surface area contributed by atoms with E-state index in [2.05, 4.69) is 52.3 Å². The summed E-state index contributed by atoms with van der Waals surface area (Å²) in [5, 5.41) is 8.27. The second-order valence-electron chi connectivity index (χ2n) is 3.96. The molecule has 1 atom stereocenters. The van der Waals surface area contributed by atoms with Crippen LogP contribution in [-0.4, -0.2) is 43.0 Å². The van der Waals surface area contributed by atoms with Crippen LogP contribution in [0.4, 0.5) is 0 Å². The number of thioether (sulfide) groups is 1. The van der Waals surface area contributed by atoms with E-state index in [0.717, 1.165) is 19.0 Å². The molecule has 0 spiro atoms. The SMILES string of the molecule is CN=C(NCC(C)SC)N(C)Cc1ccsc1. The summed E-state index contributed by atoms with van der Waals surface area (Å²) in [6.45, 7) is 4.06. The molecule has 0 fully saturated rings. The average molecular weight is 271 g/mol. The molecule has 1 aromatic heterocycles. The molecule has 1 unspecified atom stereocenters. The zero-order chi connectivity index (χ0) is 12.7. The van der Waals surface area contributed by atoms with Gasteiger partial charge in [-0.2, -0.15) is 23.1 Å². The van der Waals surface area contributed by atoms with Crippen molar-refractivity contribution in [3.05, 3.63) is 22.4 Å². The van der Waals surface area contributed by atoms with Crippen molar-refractivity contribution in [3.8, 4) is 0 Å².